The fourth-order valence-corrected chi connectivity index (χ4v) is 2.75. The first-order chi connectivity index (χ1) is 9.59. The van der Waals surface area contributed by atoms with Gasteiger partial charge in [0.1, 0.15) is 6.10 Å². The Bertz CT molecular complexity index is 324. The summed E-state index contributed by atoms with van der Waals surface area (Å²) in [7, 11) is 0. The van der Waals surface area contributed by atoms with Crippen molar-refractivity contribution in [1.29, 1.82) is 5.26 Å². The van der Waals surface area contributed by atoms with E-state index in [2.05, 4.69) is 13.0 Å². The number of esters is 1. The van der Waals surface area contributed by atoms with Crippen molar-refractivity contribution in [1.82, 2.24) is 0 Å². The van der Waals surface area contributed by atoms with Crippen LogP contribution in [0.15, 0.2) is 0 Å². The molecule has 0 amide bonds. The molecule has 20 heavy (non-hydrogen) atoms. The predicted octanol–water partition coefficient (Wildman–Crippen LogP) is 4.75. The van der Waals surface area contributed by atoms with Crippen LogP contribution in [0.5, 0.6) is 0 Å². The highest BCUT2D eigenvalue weighted by Gasteiger charge is 2.32. The zero-order valence-electron chi connectivity index (χ0n) is 13.1. The van der Waals surface area contributed by atoms with Crippen LogP contribution >= 0.6 is 0 Å². The monoisotopic (exact) mass is 279 g/mol. The van der Waals surface area contributed by atoms with Crippen molar-refractivity contribution >= 4 is 5.97 Å². The predicted molar refractivity (Wildman–Crippen MR) is 80.1 cm³/mol. The van der Waals surface area contributed by atoms with Gasteiger partial charge in [0.05, 0.1) is 11.5 Å². The maximum absolute atomic E-state index is 11.7. The van der Waals surface area contributed by atoms with Gasteiger partial charge >= 0.3 is 5.97 Å². The lowest BCUT2D eigenvalue weighted by molar-refractivity contribution is -0.151. The van der Waals surface area contributed by atoms with Gasteiger partial charge < -0.3 is 4.74 Å². The zero-order chi connectivity index (χ0) is 14.8. The van der Waals surface area contributed by atoms with E-state index in [-0.39, 0.29) is 17.5 Å². The van der Waals surface area contributed by atoms with Gasteiger partial charge in [-0.1, -0.05) is 39.0 Å². The van der Waals surface area contributed by atoms with Crippen molar-refractivity contribution < 1.29 is 9.53 Å². The van der Waals surface area contributed by atoms with E-state index >= 15 is 0 Å². The van der Waals surface area contributed by atoms with Crippen LogP contribution in [0, 0.1) is 16.7 Å². The molecular weight excluding hydrogens is 250 g/mol. The number of nitriles is 1. The number of carbonyl (C=O) groups excluding carboxylic acids is 1. The first-order valence-corrected chi connectivity index (χ1v) is 8.20. The molecule has 0 atom stereocenters. The van der Waals surface area contributed by atoms with E-state index in [0.29, 0.717) is 6.42 Å². The van der Waals surface area contributed by atoms with E-state index in [1.54, 1.807) is 0 Å². The summed E-state index contributed by atoms with van der Waals surface area (Å²) in [6.07, 6.45) is 11.1. The maximum Gasteiger partial charge on any atom is 0.306 e. The summed E-state index contributed by atoms with van der Waals surface area (Å²) >= 11 is 0. The summed E-state index contributed by atoms with van der Waals surface area (Å²) in [4.78, 5) is 11.7. The van der Waals surface area contributed by atoms with E-state index in [1.807, 2.05) is 6.92 Å². The fourth-order valence-electron chi connectivity index (χ4n) is 2.75. The first kappa shape index (κ1) is 17.0. The number of hydrogen-bond acceptors (Lipinski definition) is 3. The minimum absolute atomic E-state index is 0.0454. The number of rotatable bonds is 8. The van der Waals surface area contributed by atoms with Gasteiger partial charge in [-0.3, -0.25) is 4.79 Å². The first-order valence-electron chi connectivity index (χ1n) is 8.20. The van der Waals surface area contributed by atoms with E-state index < -0.39 is 0 Å². The van der Waals surface area contributed by atoms with Crippen LogP contribution in [0.4, 0.5) is 0 Å². The van der Waals surface area contributed by atoms with Crippen LogP contribution in [-0.2, 0) is 9.53 Å². The van der Waals surface area contributed by atoms with Gasteiger partial charge in [0.25, 0.3) is 0 Å². The van der Waals surface area contributed by atoms with Crippen molar-refractivity contribution in [2.75, 3.05) is 0 Å². The molecule has 3 heteroatoms. The molecule has 0 radical (unpaired) electrons. The Morgan fingerprint density at radius 3 is 2.40 bits per heavy atom. The Labute approximate surface area is 123 Å². The number of ether oxygens (including phenoxy) is 1. The molecule has 0 unspecified atom stereocenters. The molecule has 0 spiro atoms. The molecule has 1 aliphatic carbocycles. The third-order valence-corrected chi connectivity index (χ3v) is 4.34. The summed E-state index contributed by atoms with van der Waals surface area (Å²) in [6.45, 7) is 4.21. The Hall–Kier alpha value is -1.04. The molecular formula is C17H29NO2. The Kier molecular flexibility index (Phi) is 7.65. The Morgan fingerprint density at radius 1 is 1.20 bits per heavy atom. The van der Waals surface area contributed by atoms with Crippen LogP contribution in [0.2, 0.25) is 0 Å². The van der Waals surface area contributed by atoms with E-state index in [9.17, 15) is 4.79 Å². The van der Waals surface area contributed by atoms with E-state index in [0.717, 1.165) is 38.5 Å². The second kappa shape index (κ2) is 9.00. The van der Waals surface area contributed by atoms with Crippen molar-refractivity contribution in [3.05, 3.63) is 0 Å². The Morgan fingerprint density at radius 2 is 1.80 bits per heavy atom. The van der Waals surface area contributed by atoms with Crippen LogP contribution in [0.25, 0.3) is 0 Å². The van der Waals surface area contributed by atoms with Crippen LogP contribution in [0.1, 0.15) is 84.5 Å². The van der Waals surface area contributed by atoms with Crippen LogP contribution in [-0.4, -0.2) is 12.1 Å². The number of carbonyl (C=O) groups is 1. The summed E-state index contributed by atoms with van der Waals surface area (Å²) < 4.78 is 5.51. The average Bonchev–Trinajstić information content (AvgIpc) is 2.45. The smallest absolute Gasteiger partial charge is 0.306 e. The van der Waals surface area contributed by atoms with Gasteiger partial charge in [-0.15, -0.1) is 0 Å². The fraction of sp³-hybridized carbons (Fsp3) is 0.882. The molecule has 1 rings (SSSR count). The number of unbranched alkanes of at least 4 members (excludes halogenated alkanes) is 5. The van der Waals surface area contributed by atoms with Crippen molar-refractivity contribution in [2.24, 2.45) is 5.41 Å². The van der Waals surface area contributed by atoms with Gasteiger partial charge in [-0.25, -0.2) is 0 Å². The quantitative estimate of drug-likeness (QED) is 0.476. The molecule has 0 heterocycles. The molecule has 1 saturated carbocycles. The summed E-state index contributed by atoms with van der Waals surface area (Å²) in [6, 6.07) is 2.37. The number of nitrogens with zero attached hydrogens (tertiary/aromatic N) is 1. The minimum Gasteiger partial charge on any atom is -0.462 e. The van der Waals surface area contributed by atoms with Gasteiger partial charge in [0.15, 0.2) is 0 Å². The second-order valence-corrected chi connectivity index (χ2v) is 6.38. The summed E-state index contributed by atoms with van der Waals surface area (Å²) in [5.41, 5.74) is -0.206. The standard InChI is InChI=1S/C17H29NO2/c1-3-4-5-6-7-8-9-16(19)20-15-10-12-17(2,14-18)13-11-15/h15H,3-13H2,1-2H3. The molecule has 0 aromatic rings. The largest absolute Gasteiger partial charge is 0.462 e. The lowest BCUT2D eigenvalue weighted by Crippen LogP contribution is -2.29. The van der Waals surface area contributed by atoms with Crippen molar-refractivity contribution in [2.45, 2.75) is 90.6 Å². The maximum atomic E-state index is 11.7. The zero-order valence-corrected chi connectivity index (χ0v) is 13.1. The third kappa shape index (κ3) is 6.41. The molecule has 0 aliphatic heterocycles. The SMILES string of the molecule is CCCCCCCCC(=O)OC1CCC(C)(C#N)CC1. The topological polar surface area (TPSA) is 50.1 Å². The minimum atomic E-state index is -0.206. The second-order valence-electron chi connectivity index (χ2n) is 6.38. The molecule has 114 valence electrons. The highest BCUT2D eigenvalue weighted by Crippen LogP contribution is 2.36. The van der Waals surface area contributed by atoms with Crippen LogP contribution in [0.3, 0.4) is 0 Å². The molecule has 0 bridgehead atoms. The highest BCUT2D eigenvalue weighted by atomic mass is 16.5. The lowest BCUT2D eigenvalue weighted by Gasteiger charge is -2.31. The molecule has 1 fully saturated rings. The Balaban J connectivity index is 2.07. The molecule has 1 aliphatic rings. The molecule has 0 aromatic carbocycles. The molecule has 0 N–H and O–H groups in total. The van der Waals surface area contributed by atoms with E-state index in [1.165, 1.54) is 25.7 Å². The third-order valence-electron chi connectivity index (χ3n) is 4.34. The highest BCUT2D eigenvalue weighted by molar-refractivity contribution is 5.69. The summed E-state index contributed by atoms with van der Waals surface area (Å²) in [5, 5.41) is 9.07. The van der Waals surface area contributed by atoms with Gasteiger partial charge in [-0.05, 0) is 39.0 Å². The van der Waals surface area contributed by atoms with Crippen molar-refractivity contribution in [3.8, 4) is 6.07 Å². The lowest BCUT2D eigenvalue weighted by atomic mass is 9.76. The molecule has 3 nitrogen and oxygen atoms in total. The van der Waals surface area contributed by atoms with Gasteiger partial charge in [0, 0.05) is 6.42 Å². The van der Waals surface area contributed by atoms with Crippen molar-refractivity contribution in [3.63, 3.8) is 0 Å². The van der Waals surface area contributed by atoms with Gasteiger partial charge in [0.2, 0.25) is 0 Å². The molecule has 0 aromatic heterocycles. The van der Waals surface area contributed by atoms with E-state index in [4.69, 9.17) is 10.00 Å². The van der Waals surface area contributed by atoms with Gasteiger partial charge in [-0.2, -0.15) is 5.26 Å². The normalized spacial score (nSPS) is 25.9. The average molecular weight is 279 g/mol. The number of hydrogen-bond donors (Lipinski definition) is 0. The summed E-state index contributed by atoms with van der Waals surface area (Å²) in [5.74, 6) is -0.0500. The van der Waals surface area contributed by atoms with Crippen LogP contribution < -0.4 is 0 Å². The molecule has 0 saturated heterocycles.